The second kappa shape index (κ2) is 6.60. The van der Waals surface area contributed by atoms with Crippen molar-refractivity contribution in [1.82, 2.24) is 5.32 Å². The standard InChI is InChI=1S/C16H16ClNO2S/c17-12-7-5-11(6-8-12)15(14-4-2-10-21-14)18-16(19)13-3-1-9-20-13/h2,4-8,10,13,15H,1,3,9H2,(H,18,19)/t13-,15-/m0/s1. The number of nitrogens with one attached hydrogen (secondary N) is 1. The van der Waals surface area contributed by atoms with E-state index in [0.717, 1.165) is 23.3 Å². The van der Waals surface area contributed by atoms with Gasteiger partial charge in [-0.15, -0.1) is 11.3 Å². The fourth-order valence-corrected chi connectivity index (χ4v) is 3.38. The van der Waals surface area contributed by atoms with E-state index in [4.69, 9.17) is 16.3 Å². The van der Waals surface area contributed by atoms with Crippen molar-refractivity contribution in [3.05, 3.63) is 57.2 Å². The van der Waals surface area contributed by atoms with Gasteiger partial charge in [-0.2, -0.15) is 0 Å². The van der Waals surface area contributed by atoms with E-state index >= 15 is 0 Å². The normalized spacial score (nSPS) is 19.4. The summed E-state index contributed by atoms with van der Waals surface area (Å²) in [6, 6.07) is 11.4. The van der Waals surface area contributed by atoms with Gasteiger partial charge in [0.1, 0.15) is 6.10 Å². The summed E-state index contributed by atoms with van der Waals surface area (Å²) in [7, 11) is 0. The van der Waals surface area contributed by atoms with Crippen molar-refractivity contribution < 1.29 is 9.53 Å². The number of hydrogen-bond donors (Lipinski definition) is 1. The number of thiophene rings is 1. The topological polar surface area (TPSA) is 38.3 Å². The maximum absolute atomic E-state index is 12.3. The number of halogens is 1. The Hall–Kier alpha value is -1.36. The van der Waals surface area contributed by atoms with Crippen molar-refractivity contribution in [2.75, 3.05) is 6.61 Å². The lowest BCUT2D eigenvalue weighted by molar-refractivity contribution is -0.130. The van der Waals surface area contributed by atoms with Gasteiger partial charge in [-0.1, -0.05) is 29.8 Å². The Kier molecular flexibility index (Phi) is 4.58. The summed E-state index contributed by atoms with van der Waals surface area (Å²) in [5.74, 6) is -0.0409. The zero-order valence-electron chi connectivity index (χ0n) is 11.4. The van der Waals surface area contributed by atoms with Gasteiger partial charge in [0.05, 0.1) is 6.04 Å². The number of rotatable bonds is 4. The second-order valence-corrected chi connectivity index (χ2v) is 6.43. The molecule has 1 aromatic carbocycles. The Balaban J connectivity index is 1.82. The predicted octanol–water partition coefficient (Wildman–Crippen LogP) is 3.79. The maximum atomic E-state index is 12.3. The Bertz CT molecular complexity index is 591. The molecular formula is C16H16ClNO2S. The molecule has 2 atom stereocenters. The van der Waals surface area contributed by atoms with E-state index in [9.17, 15) is 4.79 Å². The molecule has 0 saturated carbocycles. The zero-order chi connectivity index (χ0) is 14.7. The van der Waals surface area contributed by atoms with Crippen LogP contribution in [0.3, 0.4) is 0 Å². The second-order valence-electron chi connectivity index (χ2n) is 5.01. The van der Waals surface area contributed by atoms with Crippen LogP contribution < -0.4 is 5.32 Å². The minimum absolute atomic E-state index is 0.0409. The molecule has 3 nitrogen and oxygen atoms in total. The lowest BCUT2D eigenvalue weighted by atomic mass is 10.0. The highest BCUT2D eigenvalue weighted by Crippen LogP contribution is 2.27. The van der Waals surface area contributed by atoms with E-state index in [1.54, 1.807) is 11.3 Å². The number of carbonyl (C=O) groups is 1. The van der Waals surface area contributed by atoms with Gasteiger partial charge < -0.3 is 10.1 Å². The Morgan fingerprint density at radius 2 is 2.14 bits per heavy atom. The highest BCUT2D eigenvalue weighted by atomic mass is 35.5. The molecule has 1 N–H and O–H groups in total. The number of benzene rings is 1. The molecule has 2 heterocycles. The first-order valence-corrected chi connectivity index (χ1v) is 8.20. The molecule has 0 aliphatic carbocycles. The van der Waals surface area contributed by atoms with E-state index < -0.39 is 0 Å². The number of ether oxygens (including phenoxy) is 1. The molecule has 1 amide bonds. The van der Waals surface area contributed by atoms with Crippen LogP contribution in [0.5, 0.6) is 0 Å². The van der Waals surface area contributed by atoms with Crippen molar-refractivity contribution in [1.29, 1.82) is 0 Å². The monoisotopic (exact) mass is 321 g/mol. The summed E-state index contributed by atoms with van der Waals surface area (Å²) in [6.07, 6.45) is 1.42. The van der Waals surface area contributed by atoms with E-state index in [0.29, 0.717) is 11.6 Å². The molecule has 1 aliphatic rings. The Morgan fingerprint density at radius 3 is 2.76 bits per heavy atom. The third-order valence-corrected chi connectivity index (χ3v) is 4.73. The average molecular weight is 322 g/mol. The zero-order valence-corrected chi connectivity index (χ0v) is 13.0. The Morgan fingerprint density at radius 1 is 1.33 bits per heavy atom. The molecule has 1 fully saturated rings. The summed E-state index contributed by atoms with van der Waals surface area (Å²) in [4.78, 5) is 13.4. The van der Waals surface area contributed by atoms with Crippen LogP contribution in [-0.4, -0.2) is 18.6 Å². The molecule has 0 unspecified atom stereocenters. The lowest BCUT2D eigenvalue weighted by Crippen LogP contribution is -2.37. The summed E-state index contributed by atoms with van der Waals surface area (Å²) < 4.78 is 5.46. The van der Waals surface area contributed by atoms with Crippen molar-refractivity contribution in [3.8, 4) is 0 Å². The highest BCUT2D eigenvalue weighted by molar-refractivity contribution is 7.10. The first-order chi connectivity index (χ1) is 10.2. The lowest BCUT2D eigenvalue weighted by Gasteiger charge is -2.20. The van der Waals surface area contributed by atoms with Crippen LogP contribution in [0.2, 0.25) is 5.02 Å². The molecule has 1 aromatic heterocycles. The van der Waals surface area contributed by atoms with E-state index in [2.05, 4.69) is 5.32 Å². The smallest absolute Gasteiger partial charge is 0.249 e. The SMILES string of the molecule is O=C(N[C@@H](c1ccc(Cl)cc1)c1cccs1)[C@@H]1CCCO1. The summed E-state index contributed by atoms with van der Waals surface area (Å²) in [6.45, 7) is 0.669. The molecule has 110 valence electrons. The van der Waals surface area contributed by atoms with Crippen LogP contribution in [0, 0.1) is 0 Å². The van der Waals surface area contributed by atoms with Crippen LogP contribution in [0.15, 0.2) is 41.8 Å². The third kappa shape index (κ3) is 3.46. The van der Waals surface area contributed by atoms with Gasteiger partial charge in [-0.3, -0.25) is 4.79 Å². The number of amides is 1. The van der Waals surface area contributed by atoms with Crippen LogP contribution in [-0.2, 0) is 9.53 Å². The van der Waals surface area contributed by atoms with Gasteiger partial charge in [-0.25, -0.2) is 0 Å². The van der Waals surface area contributed by atoms with E-state index in [1.165, 1.54) is 0 Å². The average Bonchev–Trinajstić information content (AvgIpc) is 3.19. The molecule has 21 heavy (non-hydrogen) atoms. The minimum atomic E-state index is -0.320. The van der Waals surface area contributed by atoms with Crippen molar-refractivity contribution in [3.63, 3.8) is 0 Å². The van der Waals surface area contributed by atoms with Crippen LogP contribution >= 0.6 is 22.9 Å². The number of carbonyl (C=O) groups excluding carboxylic acids is 1. The van der Waals surface area contributed by atoms with Crippen molar-refractivity contribution in [2.45, 2.75) is 25.0 Å². The van der Waals surface area contributed by atoms with Gasteiger partial charge in [-0.05, 0) is 42.0 Å². The van der Waals surface area contributed by atoms with Gasteiger partial charge in [0.15, 0.2) is 0 Å². The molecule has 2 aromatic rings. The molecule has 3 rings (SSSR count). The van der Waals surface area contributed by atoms with Gasteiger partial charge in [0, 0.05) is 16.5 Å². The number of hydrogen-bond acceptors (Lipinski definition) is 3. The molecule has 0 bridgehead atoms. The summed E-state index contributed by atoms with van der Waals surface area (Å²) >= 11 is 7.57. The largest absolute Gasteiger partial charge is 0.368 e. The summed E-state index contributed by atoms with van der Waals surface area (Å²) in [5, 5.41) is 5.80. The van der Waals surface area contributed by atoms with Crippen LogP contribution in [0.1, 0.15) is 29.3 Å². The predicted molar refractivity (Wildman–Crippen MR) is 84.7 cm³/mol. The van der Waals surface area contributed by atoms with E-state index in [-0.39, 0.29) is 18.1 Å². The first kappa shape index (κ1) is 14.6. The fourth-order valence-electron chi connectivity index (χ4n) is 2.45. The fraction of sp³-hybridized carbons (Fsp3) is 0.312. The quantitative estimate of drug-likeness (QED) is 0.930. The Labute approximate surface area is 132 Å². The molecule has 0 radical (unpaired) electrons. The van der Waals surface area contributed by atoms with Crippen LogP contribution in [0.25, 0.3) is 0 Å². The van der Waals surface area contributed by atoms with Crippen molar-refractivity contribution in [2.24, 2.45) is 0 Å². The molecule has 1 saturated heterocycles. The molecule has 0 spiro atoms. The summed E-state index contributed by atoms with van der Waals surface area (Å²) in [5.41, 5.74) is 1.02. The van der Waals surface area contributed by atoms with Crippen LogP contribution in [0.4, 0.5) is 0 Å². The third-order valence-electron chi connectivity index (χ3n) is 3.54. The molecule has 1 aliphatic heterocycles. The first-order valence-electron chi connectivity index (χ1n) is 6.95. The van der Waals surface area contributed by atoms with E-state index in [1.807, 2.05) is 41.8 Å². The molecule has 5 heteroatoms. The highest BCUT2D eigenvalue weighted by Gasteiger charge is 2.27. The molecular weight excluding hydrogens is 306 g/mol. The van der Waals surface area contributed by atoms with Gasteiger partial charge >= 0.3 is 0 Å². The van der Waals surface area contributed by atoms with Gasteiger partial charge in [0.2, 0.25) is 5.91 Å². The maximum Gasteiger partial charge on any atom is 0.249 e. The minimum Gasteiger partial charge on any atom is -0.368 e. The van der Waals surface area contributed by atoms with Gasteiger partial charge in [0.25, 0.3) is 0 Å². The van der Waals surface area contributed by atoms with Crippen molar-refractivity contribution >= 4 is 28.8 Å².